The van der Waals surface area contributed by atoms with Gasteiger partial charge in [0.1, 0.15) is 5.82 Å². The second-order valence-electron chi connectivity index (χ2n) is 7.27. The SMILES string of the molecule is COC(=O)c1ccc([C@H]2CC(=O)Nc3c2c(C)nn3[C@@H]2CCS(=O)(=O)C2)cc1. The van der Waals surface area contributed by atoms with Gasteiger partial charge in [-0.2, -0.15) is 5.10 Å². The van der Waals surface area contributed by atoms with E-state index < -0.39 is 15.8 Å². The molecule has 0 aliphatic carbocycles. The number of carbonyl (C=O) groups excluding carboxylic acids is 2. The van der Waals surface area contributed by atoms with Crippen LogP contribution in [0.3, 0.4) is 0 Å². The summed E-state index contributed by atoms with van der Waals surface area (Å²) in [6, 6.07) is 6.72. The molecule has 1 saturated heterocycles. The van der Waals surface area contributed by atoms with Crippen LogP contribution < -0.4 is 5.32 Å². The van der Waals surface area contributed by atoms with Crippen LogP contribution in [0.2, 0.25) is 0 Å². The first-order chi connectivity index (χ1) is 13.3. The van der Waals surface area contributed by atoms with Crippen LogP contribution in [0, 0.1) is 6.92 Å². The van der Waals surface area contributed by atoms with Gasteiger partial charge >= 0.3 is 5.97 Å². The Balaban J connectivity index is 1.73. The molecule has 2 aliphatic rings. The van der Waals surface area contributed by atoms with Gasteiger partial charge in [0.25, 0.3) is 0 Å². The number of aryl methyl sites for hydroxylation is 1. The first-order valence-electron chi connectivity index (χ1n) is 9.06. The van der Waals surface area contributed by atoms with E-state index >= 15 is 0 Å². The summed E-state index contributed by atoms with van der Waals surface area (Å²) in [5.74, 6) is -0.0103. The number of sulfone groups is 1. The number of aromatic nitrogens is 2. The molecule has 1 N–H and O–H groups in total. The summed E-state index contributed by atoms with van der Waals surface area (Å²) in [4.78, 5) is 24.0. The molecule has 2 aliphatic heterocycles. The Morgan fingerprint density at radius 2 is 2.00 bits per heavy atom. The number of hydrogen-bond acceptors (Lipinski definition) is 6. The summed E-state index contributed by atoms with van der Waals surface area (Å²) in [6.07, 6.45) is 0.754. The molecule has 3 heterocycles. The van der Waals surface area contributed by atoms with Crippen molar-refractivity contribution in [3.63, 3.8) is 0 Å². The molecular formula is C19H21N3O5S. The van der Waals surface area contributed by atoms with Crippen LogP contribution in [0.15, 0.2) is 24.3 Å². The quantitative estimate of drug-likeness (QED) is 0.783. The fourth-order valence-electron chi connectivity index (χ4n) is 4.06. The molecule has 148 valence electrons. The first-order valence-corrected chi connectivity index (χ1v) is 10.9. The largest absolute Gasteiger partial charge is 0.465 e. The number of carbonyl (C=O) groups is 2. The van der Waals surface area contributed by atoms with E-state index in [2.05, 4.69) is 10.4 Å². The number of ether oxygens (including phenoxy) is 1. The number of fused-ring (bicyclic) bond motifs is 1. The molecule has 9 heteroatoms. The molecule has 2 atom stereocenters. The van der Waals surface area contributed by atoms with Gasteiger partial charge in [-0.25, -0.2) is 17.9 Å². The summed E-state index contributed by atoms with van der Waals surface area (Å²) in [5.41, 5.74) is 3.00. The Morgan fingerprint density at radius 1 is 1.29 bits per heavy atom. The van der Waals surface area contributed by atoms with Crippen LogP contribution in [0.5, 0.6) is 0 Å². The van der Waals surface area contributed by atoms with E-state index in [1.807, 2.05) is 19.1 Å². The first kappa shape index (κ1) is 18.7. The highest BCUT2D eigenvalue weighted by Crippen LogP contribution is 2.41. The molecule has 0 spiro atoms. The van der Waals surface area contributed by atoms with E-state index in [1.54, 1.807) is 16.8 Å². The Bertz CT molecular complexity index is 1060. The average Bonchev–Trinajstić information content (AvgIpc) is 3.19. The molecule has 1 aromatic heterocycles. The molecule has 0 bridgehead atoms. The van der Waals surface area contributed by atoms with Gasteiger partial charge in [-0.15, -0.1) is 0 Å². The number of esters is 1. The van der Waals surface area contributed by atoms with Crippen molar-refractivity contribution in [3.05, 3.63) is 46.6 Å². The number of rotatable bonds is 3. The van der Waals surface area contributed by atoms with Crippen molar-refractivity contribution in [1.82, 2.24) is 9.78 Å². The molecule has 0 radical (unpaired) electrons. The zero-order valence-corrected chi connectivity index (χ0v) is 16.5. The fraction of sp³-hybridized carbons (Fsp3) is 0.421. The van der Waals surface area contributed by atoms with E-state index in [4.69, 9.17) is 4.74 Å². The van der Waals surface area contributed by atoms with E-state index in [-0.39, 0.29) is 35.8 Å². The predicted molar refractivity (Wildman–Crippen MR) is 102 cm³/mol. The summed E-state index contributed by atoms with van der Waals surface area (Å²) in [5, 5.41) is 7.46. The molecule has 2 aromatic rings. The van der Waals surface area contributed by atoms with Gasteiger partial charge in [0.05, 0.1) is 35.9 Å². The van der Waals surface area contributed by atoms with E-state index in [0.717, 1.165) is 16.8 Å². The van der Waals surface area contributed by atoms with Crippen LogP contribution in [0.1, 0.15) is 52.0 Å². The minimum absolute atomic E-state index is 0.0366. The number of nitrogens with zero attached hydrogens (tertiary/aromatic N) is 2. The molecule has 1 amide bonds. The van der Waals surface area contributed by atoms with Crippen LogP contribution in [-0.4, -0.2) is 48.7 Å². The van der Waals surface area contributed by atoms with Gasteiger partial charge in [-0.05, 0) is 31.0 Å². The maximum Gasteiger partial charge on any atom is 0.337 e. The van der Waals surface area contributed by atoms with Gasteiger partial charge in [0.15, 0.2) is 9.84 Å². The van der Waals surface area contributed by atoms with E-state index in [9.17, 15) is 18.0 Å². The second-order valence-corrected chi connectivity index (χ2v) is 9.50. The third-order valence-corrected chi connectivity index (χ3v) is 7.17. The maximum atomic E-state index is 12.4. The number of methoxy groups -OCH3 is 1. The van der Waals surface area contributed by atoms with E-state index in [1.165, 1.54) is 7.11 Å². The summed E-state index contributed by atoms with van der Waals surface area (Å²) >= 11 is 0. The Morgan fingerprint density at radius 3 is 2.61 bits per heavy atom. The number of amides is 1. The summed E-state index contributed by atoms with van der Waals surface area (Å²) in [7, 11) is -1.74. The highest BCUT2D eigenvalue weighted by Gasteiger charge is 2.37. The maximum absolute atomic E-state index is 12.4. The Kier molecular flexibility index (Phi) is 4.49. The van der Waals surface area contributed by atoms with Crippen molar-refractivity contribution in [2.75, 3.05) is 23.9 Å². The number of nitrogens with one attached hydrogen (secondary N) is 1. The van der Waals surface area contributed by atoms with Crippen molar-refractivity contribution in [1.29, 1.82) is 0 Å². The third kappa shape index (κ3) is 3.19. The van der Waals surface area contributed by atoms with Crippen molar-refractivity contribution in [2.24, 2.45) is 0 Å². The number of anilines is 1. The smallest absolute Gasteiger partial charge is 0.337 e. The van der Waals surface area contributed by atoms with Crippen LogP contribution >= 0.6 is 0 Å². The topological polar surface area (TPSA) is 107 Å². The molecular weight excluding hydrogens is 382 g/mol. The number of benzene rings is 1. The van der Waals surface area contributed by atoms with Crippen molar-refractivity contribution >= 4 is 27.5 Å². The molecule has 8 nitrogen and oxygen atoms in total. The lowest BCUT2D eigenvalue weighted by molar-refractivity contribution is -0.116. The highest BCUT2D eigenvalue weighted by molar-refractivity contribution is 7.91. The molecule has 0 saturated carbocycles. The third-order valence-electron chi connectivity index (χ3n) is 5.42. The Hall–Kier alpha value is -2.68. The molecule has 1 aromatic carbocycles. The highest BCUT2D eigenvalue weighted by atomic mass is 32.2. The van der Waals surface area contributed by atoms with Gasteiger partial charge in [-0.3, -0.25) is 4.79 Å². The lowest BCUT2D eigenvalue weighted by atomic mass is 9.85. The monoisotopic (exact) mass is 403 g/mol. The molecule has 1 fully saturated rings. The van der Waals surface area contributed by atoms with Gasteiger partial charge < -0.3 is 10.1 Å². The summed E-state index contributed by atoms with van der Waals surface area (Å²) < 4.78 is 30.2. The minimum Gasteiger partial charge on any atom is -0.465 e. The zero-order valence-electron chi connectivity index (χ0n) is 15.6. The molecule has 0 unspecified atom stereocenters. The second kappa shape index (κ2) is 6.73. The lowest BCUT2D eigenvalue weighted by Crippen LogP contribution is -2.26. The number of hydrogen-bond donors (Lipinski definition) is 1. The standard InChI is InChI=1S/C19H21N3O5S/c1-11-17-15(12-3-5-13(6-4-12)19(24)27-2)9-16(23)20-18(17)22(21-11)14-7-8-28(25,26)10-14/h3-6,14-15H,7-10H2,1-2H3,(H,20,23)/t14-,15-/m1/s1. The average molecular weight is 403 g/mol. The van der Waals surface area contributed by atoms with Crippen LogP contribution in [0.4, 0.5) is 5.82 Å². The molecule has 28 heavy (non-hydrogen) atoms. The fourth-order valence-corrected chi connectivity index (χ4v) is 5.75. The van der Waals surface area contributed by atoms with Crippen LogP contribution in [-0.2, 0) is 19.4 Å². The Labute approximate surface area is 162 Å². The van der Waals surface area contributed by atoms with Gasteiger partial charge in [0.2, 0.25) is 5.91 Å². The minimum atomic E-state index is -3.07. The van der Waals surface area contributed by atoms with Crippen molar-refractivity contribution < 1.29 is 22.7 Å². The predicted octanol–water partition coefficient (Wildman–Crippen LogP) is 1.81. The van der Waals surface area contributed by atoms with Gasteiger partial charge in [-0.1, -0.05) is 12.1 Å². The zero-order chi connectivity index (χ0) is 20.1. The van der Waals surface area contributed by atoms with Gasteiger partial charge in [0, 0.05) is 17.9 Å². The summed E-state index contributed by atoms with van der Waals surface area (Å²) in [6.45, 7) is 1.87. The normalized spacial score (nSPS) is 23.1. The molecule has 4 rings (SSSR count). The van der Waals surface area contributed by atoms with Crippen molar-refractivity contribution in [2.45, 2.75) is 31.7 Å². The van der Waals surface area contributed by atoms with Crippen LogP contribution in [0.25, 0.3) is 0 Å². The van der Waals surface area contributed by atoms with Crippen molar-refractivity contribution in [3.8, 4) is 0 Å². The lowest BCUT2D eigenvalue weighted by Gasteiger charge is -2.25. The van der Waals surface area contributed by atoms with E-state index in [0.29, 0.717) is 17.8 Å².